The molecule has 1 aliphatic rings. The minimum Gasteiger partial charge on any atom is -0.376 e. The second-order valence-corrected chi connectivity index (χ2v) is 4.10. The predicted molar refractivity (Wildman–Crippen MR) is 59.9 cm³/mol. The third kappa shape index (κ3) is 3.90. The number of amides is 1. The summed E-state index contributed by atoms with van der Waals surface area (Å²) in [4.78, 5) is 22.9. The molecular weight excluding hydrogens is 208 g/mol. The van der Waals surface area contributed by atoms with Gasteiger partial charge in [0.05, 0.1) is 12.1 Å². The lowest BCUT2D eigenvalue weighted by molar-refractivity contribution is -0.139. The van der Waals surface area contributed by atoms with Gasteiger partial charge in [0.1, 0.15) is 0 Å². The number of carbonyl (C=O) groups is 2. The smallest absolute Gasteiger partial charge is 0.289 e. The van der Waals surface area contributed by atoms with E-state index < -0.39 is 17.7 Å². The first kappa shape index (κ1) is 13.1. The molecule has 0 bridgehead atoms. The number of ketones is 1. The maximum absolute atomic E-state index is 11.5. The molecule has 1 heterocycles. The summed E-state index contributed by atoms with van der Waals surface area (Å²) in [6.07, 6.45) is 3.36. The van der Waals surface area contributed by atoms with Gasteiger partial charge in [-0.25, -0.2) is 0 Å². The van der Waals surface area contributed by atoms with Crippen molar-refractivity contribution in [2.45, 2.75) is 44.8 Å². The fourth-order valence-electron chi connectivity index (χ4n) is 1.71. The second-order valence-electron chi connectivity index (χ2n) is 4.10. The second kappa shape index (κ2) is 6.60. The van der Waals surface area contributed by atoms with Gasteiger partial charge in [0.15, 0.2) is 0 Å². The Morgan fingerprint density at radius 3 is 2.88 bits per heavy atom. The van der Waals surface area contributed by atoms with E-state index in [1.165, 1.54) is 0 Å². The number of hydrogen-bond acceptors (Lipinski definition) is 4. The van der Waals surface area contributed by atoms with Gasteiger partial charge in [-0.15, -0.1) is 0 Å². The number of nitrogens with two attached hydrogens (primary N) is 1. The Bertz CT molecular complexity index is 250. The lowest BCUT2D eigenvalue weighted by atomic mass is 10.1. The van der Waals surface area contributed by atoms with Gasteiger partial charge < -0.3 is 15.8 Å². The normalized spacial score (nSPS) is 21.8. The van der Waals surface area contributed by atoms with Crippen molar-refractivity contribution in [1.29, 1.82) is 0 Å². The number of Topliss-reactive ketones (excluding diaryl/α,β-unsaturated/α-hetero) is 1. The van der Waals surface area contributed by atoms with E-state index in [1.54, 1.807) is 0 Å². The van der Waals surface area contributed by atoms with Crippen molar-refractivity contribution in [3.05, 3.63) is 0 Å². The van der Waals surface area contributed by atoms with Crippen LogP contribution in [0.1, 0.15) is 32.6 Å². The summed E-state index contributed by atoms with van der Waals surface area (Å²) in [6, 6.07) is -0.672. The molecule has 2 atom stereocenters. The standard InChI is InChI=1S/C11H20N2O3/c1-2-4-9(12)10(14)11(15)13-7-8-5-3-6-16-8/h8-9H,2-7,12H2,1H3,(H,13,15). The monoisotopic (exact) mass is 228 g/mol. The average molecular weight is 228 g/mol. The molecule has 0 saturated carbocycles. The molecule has 0 aromatic heterocycles. The molecule has 5 nitrogen and oxygen atoms in total. The van der Waals surface area contributed by atoms with Gasteiger partial charge >= 0.3 is 0 Å². The van der Waals surface area contributed by atoms with E-state index in [2.05, 4.69) is 5.32 Å². The molecule has 5 heteroatoms. The van der Waals surface area contributed by atoms with Crippen LogP contribution >= 0.6 is 0 Å². The Labute approximate surface area is 95.7 Å². The first-order valence-corrected chi connectivity index (χ1v) is 5.84. The van der Waals surface area contributed by atoms with Crippen molar-refractivity contribution in [1.82, 2.24) is 5.32 Å². The van der Waals surface area contributed by atoms with E-state index >= 15 is 0 Å². The minimum absolute atomic E-state index is 0.0548. The molecule has 1 fully saturated rings. The largest absolute Gasteiger partial charge is 0.376 e. The summed E-state index contributed by atoms with van der Waals surface area (Å²) in [7, 11) is 0. The topological polar surface area (TPSA) is 81.4 Å². The van der Waals surface area contributed by atoms with Gasteiger partial charge in [-0.05, 0) is 19.3 Å². The maximum Gasteiger partial charge on any atom is 0.289 e. The predicted octanol–water partition coefficient (Wildman–Crippen LogP) is -0.0219. The molecule has 1 aliphatic heterocycles. The lowest BCUT2D eigenvalue weighted by Crippen LogP contribution is -2.44. The molecule has 0 aromatic rings. The molecule has 0 spiro atoms. The molecule has 0 radical (unpaired) electrons. The van der Waals surface area contributed by atoms with Crippen LogP contribution in [0.2, 0.25) is 0 Å². The summed E-state index contributed by atoms with van der Waals surface area (Å²) in [6.45, 7) is 3.07. The zero-order valence-electron chi connectivity index (χ0n) is 9.70. The Hall–Kier alpha value is -0.940. The van der Waals surface area contributed by atoms with E-state index in [0.717, 1.165) is 25.9 Å². The highest BCUT2D eigenvalue weighted by atomic mass is 16.5. The van der Waals surface area contributed by atoms with Crippen LogP contribution in [0.25, 0.3) is 0 Å². The minimum atomic E-state index is -0.672. The van der Waals surface area contributed by atoms with Crippen LogP contribution in [0.4, 0.5) is 0 Å². The zero-order valence-corrected chi connectivity index (χ0v) is 9.70. The number of hydrogen-bond donors (Lipinski definition) is 2. The molecule has 1 saturated heterocycles. The van der Waals surface area contributed by atoms with Crippen LogP contribution in [-0.4, -0.2) is 37.0 Å². The van der Waals surface area contributed by atoms with Crippen LogP contribution in [0.15, 0.2) is 0 Å². The summed E-state index contributed by atoms with van der Waals surface area (Å²) in [5, 5.41) is 2.57. The van der Waals surface area contributed by atoms with Crippen molar-refractivity contribution in [2.24, 2.45) is 5.73 Å². The van der Waals surface area contributed by atoms with Crippen LogP contribution in [0, 0.1) is 0 Å². The number of rotatable bonds is 6. The van der Waals surface area contributed by atoms with Gasteiger partial charge in [-0.3, -0.25) is 9.59 Å². The summed E-state index contributed by atoms with van der Waals surface area (Å²) >= 11 is 0. The van der Waals surface area contributed by atoms with Crippen molar-refractivity contribution in [2.75, 3.05) is 13.2 Å². The highest BCUT2D eigenvalue weighted by Crippen LogP contribution is 2.10. The fourth-order valence-corrected chi connectivity index (χ4v) is 1.71. The Morgan fingerprint density at radius 2 is 2.31 bits per heavy atom. The molecule has 2 unspecified atom stereocenters. The average Bonchev–Trinajstić information content (AvgIpc) is 2.78. The van der Waals surface area contributed by atoms with Gasteiger partial charge in [0.2, 0.25) is 5.78 Å². The Balaban J connectivity index is 2.25. The van der Waals surface area contributed by atoms with Crippen molar-refractivity contribution in [3.8, 4) is 0 Å². The quantitative estimate of drug-likeness (QED) is 0.626. The van der Waals surface area contributed by atoms with E-state index in [0.29, 0.717) is 13.0 Å². The van der Waals surface area contributed by atoms with Crippen molar-refractivity contribution < 1.29 is 14.3 Å². The summed E-state index contributed by atoms with van der Waals surface area (Å²) in [5.74, 6) is -1.11. The van der Waals surface area contributed by atoms with Gasteiger partial charge in [0, 0.05) is 13.2 Å². The van der Waals surface area contributed by atoms with Gasteiger partial charge in [0.25, 0.3) is 5.91 Å². The van der Waals surface area contributed by atoms with Gasteiger partial charge in [-0.2, -0.15) is 0 Å². The van der Waals surface area contributed by atoms with Crippen molar-refractivity contribution >= 4 is 11.7 Å². The molecule has 0 aliphatic carbocycles. The third-order valence-electron chi connectivity index (χ3n) is 2.67. The molecule has 92 valence electrons. The van der Waals surface area contributed by atoms with Crippen LogP contribution in [0.5, 0.6) is 0 Å². The fraction of sp³-hybridized carbons (Fsp3) is 0.818. The first-order valence-electron chi connectivity index (χ1n) is 5.84. The highest BCUT2D eigenvalue weighted by molar-refractivity contribution is 6.38. The van der Waals surface area contributed by atoms with Crippen LogP contribution in [0.3, 0.4) is 0 Å². The molecular formula is C11H20N2O3. The highest BCUT2D eigenvalue weighted by Gasteiger charge is 2.22. The molecule has 1 amide bonds. The zero-order chi connectivity index (χ0) is 12.0. The van der Waals surface area contributed by atoms with Crippen molar-refractivity contribution in [3.63, 3.8) is 0 Å². The van der Waals surface area contributed by atoms with Crippen LogP contribution < -0.4 is 11.1 Å². The number of ether oxygens (including phenoxy) is 1. The van der Waals surface area contributed by atoms with Crippen LogP contribution in [-0.2, 0) is 14.3 Å². The molecule has 1 rings (SSSR count). The third-order valence-corrected chi connectivity index (χ3v) is 2.67. The SMILES string of the molecule is CCCC(N)C(=O)C(=O)NCC1CCCO1. The van der Waals surface area contributed by atoms with E-state index in [4.69, 9.17) is 10.5 Å². The van der Waals surface area contributed by atoms with E-state index in [9.17, 15) is 9.59 Å². The van der Waals surface area contributed by atoms with Gasteiger partial charge in [-0.1, -0.05) is 13.3 Å². The maximum atomic E-state index is 11.5. The van der Waals surface area contributed by atoms with E-state index in [-0.39, 0.29) is 6.10 Å². The Morgan fingerprint density at radius 1 is 1.56 bits per heavy atom. The molecule has 0 aromatic carbocycles. The summed E-state index contributed by atoms with van der Waals surface area (Å²) < 4.78 is 5.33. The Kier molecular flexibility index (Phi) is 5.42. The van der Waals surface area contributed by atoms with E-state index in [1.807, 2.05) is 6.92 Å². The molecule has 3 N–H and O–H groups in total. The number of nitrogens with one attached hydrogen (secondary N) is 1. The number of carbonyl (C=O) groups excluding carboxylic acids is 2. The molecule has 16 heavy (non-hydrogen) atoms. The first-order chi connectivity index (χ1) is 7.65. The lowest BCUT2D eigenvalue weighted by Gasteiger charge is -2.12. The summed E-state index contributed by atoms with van der Waals surface area (Å²) in [5.41, 5.74) is 5.57.